The van der Waals surface area contributed by atoms with Crippen molar-refractivity contribution >= 4 is 21.6 Å². The molecule has 0 spiro atoms. The maximum Gasteiger partial charge on any atom is 0.264 e. The minimum atomic E-state index is -4.20. The first-order valence-corrected chi connectivity index (χ1v) is 13.6. The lowest BCUT2D eigenvalue weighted by atomic mass is 10.1. The number of carbonyl (C=O) groups is 1. The molecule has 1 N–H and O–H groups in total. The smallest absolute Gasteiger partial charge is 0.264 e. The molecule has 0 bridgehead atoms. The van der Waals surface area contributed by atoms with Gasteiger partial charge in [0.25, 0.3) is 10.0 Å². The maximum absolute atomic E-state index is 13.9. The summed E-state index contributed by atoms with van der Waals surface area (Å²) in [5.74, 6) is 1.83. The largest absolute Gasteiger partial charge is 0.497 e. The van der Waals surface area contributed by atoms with Crippen molar-refractivity contribution in [3.8, 4) is 28.7 Å². The van der Waals surface area contributed by atoms with E-state index in [2.05, 4.69) is 5.32 Å². The Morgan fingerprint density at radius 2 is 1.44 bits per heavy atom. The molecule has 0 aliphatic rings. The van der Waals surface area contributed by atoms with Crippen molar-refractivity contribution in [1.29, 1.82) is 0 Å². The first-order valence-electron chi connectivity index (χ1n) is 12.2. The number of rotatable bonds is 13. The summed E-state index contributed by atoms with van der Waals surface area (Å²) < 4.78 is 55.5. The molecule has 1 atom stereocenters. The van der Waals surface area contributed by atoms with E-state index in [-0.39, 0.29) is 16.3 Å². The minimum absolute atomic E-state index is 0.0654. The molecule has 1 amide bonds. The molecule has 0 unspecified atom stereocenters. The molecule has 39 heavy (non-hydrogen) atoms. The second-order valence-corrected chi connectivity index (χ2v) is 10.2. The van der Waals surface area contributed by atoms with Gasteiger partial charge in [-0.3, -0.25) is 9.10 Å². The first kappa shape index (κ1) is 29.4. The highest BCUT2D eigenvalue weighted by atomic mass is 32.2. The number of anilines is 1. The highest BCUT2D eigenvalue weighted by Gasteiger charge is 2.29. The fourth-order valence-corrected chi connectivity index (χ4v) is 5.40. The number of hydrogen-bond acceptors (Lipinski definition) is 8. The van der Waals surface area contributed by atoms with Crippen molar-refractivity contribution in [1.82, 2.24) is 5.32 Å². The van der Waals surface area contributed by atoms with Crippen LogP contribution < -0.4 is 33.3 Å². The van der Waals surface area contributed by atoms with E-state index in [1.54, 1.807) is 56.5 Å². The van der Waals surface area contributed by atoms with Crippen LogP contribution in [0.5, 0.6) is 28.7 Å². The van der Waals surface area contributed by atoms with Crippen LogP contribution in [0.3, 0.4) is 0 Å². The molecule has 0 aliphatic carbocycles. The van der Waals surface area contributed by atoms with E-state index >= 15 is 0 Å². The van der Waals surface area contributed by atoms with Gasteiger partial charge >= 0.3 is 0 Å². The van der Waals surface area contributed by atoms with Crippen molar-refractivity contribution < 1.29 is 36.9 Å². The summed E-state index contributed by atoms with van der Waals surface area (Å²) in [6, 6.07) is 15.5. The van der Waals surface area contributed by atoms with Gasteiger partial charge in [-0.2, -0.15) is 0 Å². The number of methoxy groups -OCH3 is 4. The Bertz CT molecular complexity index is 1380. The Hall–Kier alpha value is -4.12. The van der Waals surface area contributed by atoms with Crippen molar-refractivity contribution in [2.24, 2.45) is 0 Å². The lowest BCUT2D eigenvalue weighted by Gasteiger charge is -2.26. The number of hydrogen-bond donors (Lipinski definition) is 1. The van der Waals surface area contributed by atoms with Gasteiger partial charge in [-0.15, -0.1) is 0 Å². The van der Waals surface area contributed by atoms with Crippen LogP contribution in [-0.4, -0.2) is 55.9 Å². The number of sulfonamides is 1. The minimum Gasteiger partial charge on any atom is -0.497 e. The fourth-order valence-electron chi connectivity index (χ4n) is 3.97. The van der Waals surface area contributed by atoms with Gasteiger partial charge in [0.1, 0.15) is 23.8 Å². The Morgan fingerprint density at radius 3 is 2.03 bits per heavy atom. The highest BCUT2D eigenvalue weighted by Crippen LogP contribution is 2.33. The summed E-state index contributed by atoms with van der Waals surface area (Å²) in [4.78, 5) is 13.2. The Kier molecular flexibility index (Phi) is 9.89. The van der Waals surface area contributed by atoms with Crippen LogP contribution in [0.4, 0.5) is 5.69 Å². The monoisotopic (exact) mass is 558 g/mol. The normalized spacial score (nSPS) is 11.7. The summed E-state index contributed by atoms with van der Waals surface area (Å²) in [7, 11) is 1.75. The molecule has 210 valence electrons. The van der Waals surface area contributed by atoms with Crippen LogP contribution >= 0.6 is 0 Å². The van der Waals surface area contributed by atoms with Gasteiger partial charge in [-0.1, -0.05) is 0 Å². The van der Waals surface area contributed by atoms with E-state index in [0.717, 1.165) is 4.31 Å². The van der Waals surface area contributed by atoms with Crippen molar-refractivity contribution in [2.75, 3.05) is 45.9 Å². The quantitative estimate of drug-likeness (QED) is 0.332. The van der Waals surface area contributed by atoms with E-state index in [1.165, 1.54) is 39.5 Å². The van der Waals surface area contributed by atoms with E-state index in [1.807, 2.05) is 6.92 Å². The number of nitrogens with zero attached hydrogens (tertiary/aromatic N) is 1. The van der Waals surface area contributed by atoms with E-state index in [9.17, 15) is 13.2 Å². The molecule has 10 nitrogen and oxygen atoms in total. The van der Waals surface area contributed by atoms with Crippen molar-refractivity contribution in [3.05, 3.63) is 66.2 Å². The average molecular weight is 559 g/mol. The zero-order valence-corrected chi connectivity index (χ0v) is 23.7. The number of benzene rings is 3. The van der Waals surface area contributed by atoms with Crippen molar-refractivity contribution in [2.45, 2.75) is 24.8 Å². The number of carbonyl (C=O) groups excluding carboxylic acids is 1. The SMILES string of the molecule is CCOc1ccc(N(CC(=O)N[C@H](C)c2cc(OC)ccc2OC)S(=O)(=O)c2ccc(OC)c(OC)c2)cc1. The Balaban J connectivity index is 1.97. The lowest BCUT2D eigenvalue weighted by Crippen LogP contribution is -2.41. The topological polar surface area (TPSA) is 113 Å². The molecule has 11 heteroatoms. The van der Waals surface area contributed by atoms with Gasteiger partial charge in [0.2, 0.25) is 5.91 Å². The van der Waals surface area contributed by atoms with E-state index in [4.69, 9.17) is 23.7 Å². The molecule has 3 aromatic rings. The zero-order chi connectivity index (χ0) is 28.6. The summed E-state index contributed by atoms with van der Waals surface area (Å²) in [6.45, 7) is 3.60. The third-order valence-electron chi connectivity index (χ3n) is 5.95. The average Bonchev–Trinajstić information content (AvgIpc) is 2.95. The van der Waals surface area contributed by atoms with Gasteiger partial charge in [-0.05, 0) is 68.4 Å². The second-order valence-electron chi connectivity index (χ2n) is 8.35. The molecule has 0 aromatic heterocycles. The van der Waals surface area contributed by atoms with Crippen LogP contribution in [0.25, 0.3) is 0 Å². The summed E-state index contributed by atoms with van der Waals surface area (Å²) in [5, 5.41) is 2.87. The maximum atomic E-state index is 13.9. The molecule has 0 heterocycles. The van der Waals surface area contributed by atoms with Gasteiger partial charge in [-0.25, -0.2) is 8.42 Å². The molecular weight excluding hydrogens is 524 g/mol. The third-order valence-corrected chi connectivity index (χ3v) is 7.72. The molecule has 0 aliphatic heterocycles. The van der Waals surface area contributed by atoms with Crippen LogP contribution in [0.15, 0.2) is 65.6 Å². The number of ether oxygens (including phenoxy) is 5. The summed E-state index contributed by atoms with van der Waals surface area (Å²) >= 11 is 0. The molecule has 3 aromatic carbocycles. The van der Waals surface area contributed by atoms with Crippen LogP contribution in [0.1, 0.15) is 25.5 Å². The molecular formula is C28H34N2O8S. The van der Waals surface area contributed by atoms with Crippen molar-refractivity contribution in [3.63, 3.8) is 0 Å². The second kappa shape index (κ2) is 13.1. The Morgan fingerprint density at radius 1 is 0.821 bits per heavy atom. The van der Waals surface area contributed by atoms with Gasteiger partial charge < -0.3 is 29.0 Å². The van der Waals surface area contributed by atoms with Gasteiger partial charge in [0.15, 0.2) is 11.5 Å². The zero-order valence-electron chi connectivity index (χ0n) is 22.9. The van der Waals surface area contributed by atoms with Crippen LogP contribution in [0.2, 0.25) is 0 Å². The highest BCUT2D eigenvalue weighted by molar-refractivity contribution is 7.92. The van der Waals surface area contributed by atoms with Gasteiger partial charge in [0, 0.05) is 11.6 Å². The summed E-state index contributed by atoms with van der Waals surface area (Å²) in [6.07, 6.45) is 0. The predicted molar refractivity (Wildman–Crippen MR) is 148 cm³/mol. The predicted octanol–water partition coefficient (Wildman–Crippen LogP) is 4.19. The molecule has 0 radical (unpaired) electrons. The Labute approximate surface area is 229 Å². The molecule has 0 saturated carbocycles. The third kappa shape index (κ3) is 6.85. The first-order chi connectivity index (χ1) is 18.7. The number of amides is 1. The summed E-state index contributed by atoms with van der Waals surface area (Å²) in [5.41, 5.74) is 0.968. The molecule has 3 rings (SSSR count). The van der Waals surface area contributed by atoms with E-state index in [0.29, 0.717) is 35.2 Å². The standard InChI is InChI=1S/C28H34N2O8S/c1-7-38-21-10-8-20(9-11-21)30(39(32,33)23-13-15-26(36-5)27(17-23)37-6)18-28(31)29-19(2)24-16-22(34-3)12-14-25(24)35-4/h8-17,19H,7,18H2,1-6H3,(H,29,31)/t19-/m1/s1. The molecule has 0 fully saturated rings. The molecule has 0 saturated heterocycles. The fraction of sp³-hybridized carbons (Fsp3) is 0.321. The van der Waals surface area contributed by atoms with E-state index < -0.39 is 28.5 Å². The lowest BCUT2D eigenvalue weighted by molar-refractivity contribution is -0.120. The van der Waals surface area contributed by atoms with Crippen LogP contribution in [-0.2, 0) is 14.8 Å². The number of nitrogens with one attached hydrogen (secondary N) is 1. The van der Waals surface area contributed by atoms with Gasteiger partial charge in [0.05, 0.1) is 51.7 Å². The van der Waals surface area contributed by atoms with Crippen LogP contribution in [0, 0.1) is 0 Å².